The third-order valence-corrected chi connectivity index (χ3v) is 5.90. The molecule has 7 heteroatoms. The van der Waals surface area contributed by atoms with Gasteiger partial charge in [-0.2, -0.15) is 4.31 Å². The molecule has 1 unspecified atom stereocenters. The summed E-state index contributed by atoms with van der Waals surface area (Å²) in [5, 5.41) is 2.99. The standard InChI is InChI=1S/C21H26N2O4S/c1-21(2)13-18(17-11-7-8-12-19(17)27-21)22-20(24)15-23(28(3,25)26)14-16-9-5-4-6-10-16/h4-12,18H,13-15H2,1-3H3,(H,22,24). The molecule has 0 bridgehead atoms. The van der Waals surface area contributed by atoms with Gasteiger partial charge in [0.15, 0.2) is 0 Å². The highest BCUT2D eigenvalue weighted by Crippen LogP contribution is 2.39. The molecule has 0 radical (unpaired) electrons. The Morgan fingerprint density at radius 2 is 1.79 bits per heavy atom. The zero-order valence-electron chi connectivity index (χ0n) is 16.4. The van der Waals surface area contributed by atoms with Crippen molar-refractivity contribution in [1.29, 1.82) is 0 Å². The Labute approximate surface area is 166 Å². The summed E-state index contributed by atoms with van der Waals surface area (Å²) in [6, 6.07) is 16.6. The average Bonchev–Trinajstić information content (AvgIpc) is 2.60. The van der Waals surface area contributed by atoms with Crippen LogP contribution in [0.1, 0.15) is 37.4 Å². The summed E-state index contributed by atoms with van der Waals surface area (Å²) in [6.45, 7) is 3.87. The molecule has 0 spiro atoms. The van der Waals surface area contributed by atoms with Crippen LogP contribution in [-0.4, -0.2) is 37.0 Å². The molecule has 1 aliphatic heterocycles. The minimum absolute atomic E-state index is 0.156. The number of para-hydroxylation sites is 1. The second-order valence-corrected chi connectivity index (χ2v) is 9.72. The van der Waals surface area contributed by atoms with E-state index in [0.717, 1.165) is 23.1 Å². The van der Waals surface area contributed by atoms with Crippen molar-refractivity contribution in [2.45, 2.75) is 38.5 Å². The van der Waals surface area contributed by atoms with Gasteiger partial charge in [0.25, 0.3) is 0 Å². The number of nitrogens with zero attached hydrogens (tertiary/aromatic N) is 1. The normalized spacial score (nSPS) is 18.2. The minimum atomic E-state index is -3.53. The number of ether oxygens (including phenoxy) is 1. The minimum Gasteiger partial charge on any atom is -0.487 e. The van der Waals surface area contributed by atoms with E-state index in [-0.39, 0.29) is 25.0 Å². The van der Waals surface area contributed by atoms with Gasteiger partial charge in [0, 0.05) is 18.5 Å². The van der Waals surface area contributed by atoms with Crippen molar-refractivity contribution < 1.29 is 17.9 Å². The smallest absolute Gasteiger partial charge is 0.235 e. The number of benzene rings is 2. The van der Waals surface area contributed by atoms with E-state index in [4.69, 9.17) is 4.74 Å². The molecule has 6 nitrogen and oxygen atoms in total. The second-order valence-electron chi connectivity index (χ2n) is 7.74. The summed E-state index contributed by atoms with van der Waals surface area (Å²) in [4.78, 5) is 12.7. The van der Waals surface area contributed by atoms with Gasteiger partial charge in [-0.15, -0.1) is 0 Å². The van der Waals surface area contributed by atoms with Crippen LogP contribution in [0.2, 0.25) is 0 Å². The molecule has 1 N–H and O–H groups in total. The van der Waals surface area contributed by atoms with Crippen LogP contribution >= 0.6 is 0 Å². The third kappa shape index (κ3) is 5.11. The number of hydrogen-bond donors (Lipinski definition) is 1. The number of carbonyl (C=O) groups is 1. The maximum Gasteiger partial charge on any atom is 0.235 e. The molecular weight excluding hydrogens is 376 g/mol. The highest BCUT2D eigenvalue weighted by Gasteiger charge is 2.34. The predicted molar refractivity (Wildman–Crippen MR) is 108 cm³/mol. The van der Waals surface area contributed by atoms with E-state index in [2.05, 4.69) is 5.32 Å². The molecule has 28 heavy (non-hydrogen) atoms. The van der Waals surface area contributed by atoms with E-state index in [0.29, 0.717) is 6.42 Å². The molecule has 150 valence electrons. The lowest BCUT2D eigenvalue weighted by atomic mass is 9.89. The van der Waals surface area contributed by atoms with Crippen LogP contribution in [0.4, 0.5) is 0 Å². The van der Waals surface area contributed by atoms with E-state index in [9.17, 15) is 13.2 Å². The molecule has 2 aromatic rings. The molecule has 3 rings (SSSR count). The van der Waals surface area contributed by atoms with Gasteiger partial charge in [-0.3, -0.25) is 4.79 Å². The van der Waals surface area contributed by atoms with Gasteiger partial charge in [-0.25, -0.2) is 8.42 Å². The van der Waals surface area contributed by atoms with Gasteiger partial charge in [0.05, 0.1) is 18.8 Å². The van der Waals surface area contributed by atoms with Crippen LogP contribution in [0, 0.1) is 0 Å². The van der Waals surface area contributed by atoms with Gasteiger partial charge >= 0.3 is 0 Å². The molecule has 1 atom stereocenters. The summed E-state index contributed by atoms with van der Waals surface area (Å²) < 4.78 is 31.6. The lowest BCUT2D eigenvalue weighted by Gasteiger charge is -2.38. The zero-order chi connectivity index (χ0) is 20.4. The Kier molecular flexibility index (Phi) is 5.76. The molecular formula is C21H26N2O4S. The van der Waals surface area contributed by atoms with Crippen LogP contribution in [0.5, 0.6) is 5.75 Å². The van der Waals surface area contributed by atoms with E-state index in [1.165, 1.54) is 4.31 Å². The fraction of sp³-hybridized carbons (Fsp3) is 0.381. The average molecular weight is 403 g/mol. The summed E-state index contributed by atoms with van der Waals surface area (Å²) in [6.07, 6.45) is 1.73. The zero-order valence-corrected chi connectivity index (χ0v) is 17.2. The number of rotatable bonds is 6. The van der Waals surface area contributed by atoms with Crippen LogP contribution in [0.3, 0.4) is 0 Å². The lowest BCUT2D eigenvalue weighted by Crippen LogP contribution is -2.45. The Hall–Kier alpha value is -2.38. The number of amides is 1. The number of carbonyl (C=O) groups excluding carboxylic acids is 1. The first-order valence-corrected chi connectivity index (χ1v) is 11.1. The van der Waals surface area contributed by atoms with Crippen LogP contribution in [0.15, 0.2) is 54.6 Å². The monoisotopic (exact) mass is 402 g/mol. The van der Waals surface area contributed by atoms with Gasteiger partial charge in [-0.05, 0) is 25.5 Å². The molecule has 0 saturated carbocycles. The first kappa shape index (κ1) is 20.4. The lowest BCUT2D eigenvalue weighted by molar-refractivity contribution is -0.122. The molecule has 1 amide bonds. The molecule has 1 aliphatic rings. The Morgan fingerprint density at radius 3 is 2.46 bits per heavy atom. The van der Waals surface area contributed by atoms with Crippen LogP contribution in [0.25, 0.3) is 0 Å². The van der Waals surface area contributed by atoms with Crippen molar-refractivity contribution in [3.8, 4) is 5.75 Å². The SMILES string of the molecule is CC1(C)CC(NC(=O)CN(Cc2ccccc2)S(C)(=O)=O)c2ccccc2O1. The fourth-order valence-electron chi connectivity index (χ4n) is 3.41. The van der Waals surface area contributed by atoms with E-state index >= 15 is 0 Å². The van der Waals surface area contributed by atoms with Gasteiger partial charge in [0.1, 0.15) is 11.4 Å². The number of nitrogens with one attached hydrogen (secondary N) is 1. The van der Waals surface area contributed by atoms with Crippen molar-refractivity contribution in [3.05, 3.63) is 65.7 Å². The Bertz CT molecular complexity index is 942. The predicted octanol–water partition coefficient (Wildman–Crippen LogP) is 2.87. The summed E-state index contributed by atoms with van der Waals surface area (Å²) >= 11 is 0. The molecule has 0 aromatic heterocycles. The van der Waals surface area contributed by atoms with Crippen LogP contribution < -0.4 is 10.1 Å². The topological polar surface area (TPSA) is 75.7 Å². The number of hydrogen-bond acceptors (Lipinski definition) is 4. The molecule has 0 fully saturated rings. The third-order valence-electron chi connectivity index (χ3n) is 4.70. The highest BCUT2D eigenvalue weighted by atomic mass is 32.2. The number of sulfonamides is 1. The van der Waals surface area contributed by atoms with E-state index < -0.39 is 15.6 Å². The van der Waals surface area contributed by atoms with Gasteiger partial charge < -0.3 is 10.1 Å². The number of fused-ring (bicyclic) bond motifs is 1. The second kappa shape index (κ2) is 7.93. The first-order valence-electron chi connectivity index (χ1n) is 9.20. The summed E-state index contributed by atoms with van der Waals surface area (Å²) in [7, 11) is -3.53. The van der Waals surface area contributed by atoms with Crippen LogP contribution in [-0.2, 0) is 21.4 Å². The van der Waals surface area contributed by atoms with Gasteiger partial charge in [0.2, 0.25) is 15.9 Å². The fourth-order valence-corrected chi connectivity index (χ4v) is 4.14. The largest absolute Gasteiger partial charge is 0.487 e. The van der Waals surface area contributed by atoms with Crippen molar-refractivity contribution in [2.24, 2.45) is 0 Å². The van der Waals surface area contributed by atoms with Crippen molar-refractivity contribution in [2.75, 3.05) is 12.8 Å². The van der Waals surface area contributed by atoms with Crippen molar-refractivity contribution >= 4 is 15.9 Å². The quantitative estimate of drug-likeness (QED) is 0.806. The van der Waals surface area contributed by atoms with Crippen molar-refractivity contribution in [1.82, 2.24) is 9.62 Å². The molecule has 2 aromatic carbocycles. The van der Waals surface area contributed by atoms with E-state index in [1.807, 2.05) is 68.4 Å². The Morgan fingerprint density at radius 1 is 1.14 bits per heavy atom. The summed E-state index contributed by atoms with van der Waals surface area (Å²) in [5.74, 6) is 0.409. The maximum atomic E-state index is 12.7. The Balaban J connectivity index is 1.74. The molecule has 0 aliphatic carbocycles. The van der Waals surface area contributed by atoms with Crippen molar-refractivity contribution in [3.63, 3.8) is 0 Å². The summed E-state index contributed by atoms with van der Waals surface area (Å²) in [5.41, 5.74) is 1.31. The maximum absolute atomic E-state index is 12.7. The molecule has 0 saturated heterocycles. The molecule has 1 heterocycles. The van der Waals surface area contributed by atoms with E-state index in [1.54, 1.807) is 0 Å². The highest BCUT2D eigenvalue weighted by molar-refractivity contribution is 7.88. The van der Waals surface area contributed by atoms with Gasteiger partial charge in [-0.1, -0.05) is 48.5 Å². The first-order chi connectivity index (χ1) is 13.1.